The summed E-state index contributed by atoms with van der Waals surface area (Å²) in [5.41, 5.74) is -1.03. The Morgan fingerprint density at radius 2 is 1.95 bits per heavy atom. The van der Waals surface area contributed by atoms with E-state index in [-0.39, 0.29) is 23.7 Å². The molecule has 2 fully saturated rings. The number of aromatic nitrogens is 3. The smallest absolute Gasteiger partial charge is 0.346 e. The molecule has 8 heteroatoms. The first-order valence-corrected chi connectivity index (χ1v) is 7.04. The van der Waals surface area contributed by atoms with Gasteiger partial charge >= 0.3 is 11.7 Å². The number of fused-ring (bicyclic) bond motifs is 2. The van der Waals surface area contributed by atoms with Crippen LogP contribution >= 0.6 is 0 Å². The van der Waals surface area contributed by atoms with Crippen LogP contribution in [0.2, 0.25) is 0 Å². The molecule has 4 atom stereocenters. The molecule has 2 N–H and O–H groups in total. The van der Waals surface area contributed by atoms with E-state index in [1.807, 2.05) is 0 Å². The number of nitrogens with one attached hydrogen (secondary N) is 1. The summed E-state index contributed by atoms with van der Waals surface area (Å²) in [5.74, 6) is -0.863. The number of carboxylic acid groups (broad SMARTS) is 1. The molecule has 0 amide bonds. The molecule has 1 aromatic rings. The number of aliphatic carboxylic acids is 1. The van der Waals surface area contributed by atoms with Crippen molar-refractivity contribution in [2.45, 2.75) is 25.3 Å². The maximum atomic E-state index is 12.1. The third-order valence-corrected chi connectivity index (χ3v) is 4.83. The molecule has 0 aliphatic heterocycles. The van der Waals surface area contributed by atoms with Crippen molar-refractivity contribution in [1.82, 2.24) is 14.3 Å². The summed E-state index contributed by atoms with van der Waals surface area (Å²) in [6.45, 7) is 0. The Morgan fingerprint density at radius 1 is 1.29 bits per heavy atom. The van der Waals surface area contributed by atoms with Gasteiger partial charge in [0.1, 0.15) is 0 Å². The largest absolute Gasteiger partial charge is 0.481 e. The molecule has 1 heterocycles. The highest BCUT2D eigenvalue weighted by atomic mass is 16.4. The molecule has 21 heavy (non-hydrogen) atoms. The van der Waals surface area contributed by atoms with E-state index in [0.717, 1.165) is 28.5 Å². The van der Waals surface area contributed by atoms with Gasteiger partial charge in [-0.1, -0.05) is 0 Å². The molecule has 0 saturated heterocycles. The monoisotopic (exact) mass is 294 g/mol. The highest BCUT2D eigenvalue weighted by Crippen LogP contribution is 2.49. The van der Waals surface area contributed by atoms with Crippen LogP contribution in [0.5, 0.6) is 0 Å². The molecule has 1 aromatic heterocycles. The van der Waals surface area contributed by atoms with E-state index in [2.05, 4.69) is 10.4 Å². The second-order valence-corrected chi connectivity index (χ2v) is 5.99. The first-order chi connectivity index (χ1) is 9.90. The van der Waals surface area contributed by atoms with Crippen molar-refractivity contribution in [2.24, 2.45) is 31.8 Å². The Balaban J connectivity index is 1.95. The summed E-state index contributed by atoms with van der Waals surface area (Å²) in [6.07, 6.45) is 2.78. The quantitative estimate of drug-likeness (QED) is 0.770. The predicted molar refractivity (Wildman–Crippen MR) is 74.1 cm³/mol. The van der Waals surface area contributed by atoms with E-state index < -0.39 is 23.1 Å². The molecule has 2 saturated carbocycles. The summed E-state index contributed by atoms with van der Waals surface area (Å²) in [4.78, 5) is 35.2. The van der Waals surface area contributed by atoms with Crippen molar-refractivity contribution in [3.63, 3.8) is 0 Å². The van der Waals surface area contributed by atoms with Gasteiger partial charge in [-0.2, -0.15) is 0 Å². The minimum atomic E-state index is -0.832. The summed E-state index contributed by atoms with van der Waals surface area (Å²) < 4.78 is 2.05. The van der Waals surface area contributed by atoms with Crippen LogP contribution in [0.25, 0.3) is 0 Å². The van der Waals surface area contributed by atoms with Gasteiger partial charge in [0, 0.05) is 20.1 Å². The fraction of sp³-hybridized carbons (Fsp3) is 0.692. The van der Waals surface area contributed by atoms with Crippen LogP contribution in [0.15, 0.2) is 9.59 Å². The van der Waals surface area contributed by atoms with Crippen LogP contribution in [-0.2, 0) is 18.9 Å². The van der Waals surface area contributed by atoms with Gasteiger partial charge in [-0.05, 0) is 31.1 Å². The highest BCUT2D eigenvalue weighted by molar-refractivity contribution is 5.73. The van der Waals surface area contributed by atoms with Gasteiger partial charge < -0.3 is 10.4 Å². The van der Waals surface area contributed by atoms with Crippen molar-refractivity contribution >= 4 is 11.8 Å². The zero-order valence-electron chi connectivity index (χ0n) is 11.9. The van der Waals surface area contributed by atoms with Gasteiger partial charge in [-0.25, -0.2) is 9.48 Å². The number of aryl methyl sites for hydroxylation is 1. The number of hydrogen-bond acceptors (Lipinski definition) is 5. The summed E-state index contributed by atoms with van der Waals surface area (Å²) in [6, 6.07) is -0.293. The second kappa shape index (κ2) is 4.71. The number of anilines is 1. The molecule has 4 unspecified atom stereocenters. The lowest BCUT2D eigenvalue weighted by atomic mass is 9.84. The molecular weight excluding hydrogens is 276 g/mol. The molecule has 2 aliphatic carbocycles. The van der Waals surface area contributed by atoms with Crippen molar-refractivity contribution in [1.29, 1.82) is 0 Å². The number of hydrogen-bond donors (Lipinski definition) is 2. The number of rotatable bonds is 3. The third-order valence-electron chi connectivity index (χ3n) is 4.83. The van der Waals surface area contributed by atoms with Gasteiger partial charge in [0.2, 0.25) is 5.82 Å². The van der Waals surface area contributed by atoms with E-state index in [9.17, 15) is 19.5 Å². The number of carbonyl (C=O) groups is 1. The standard InChI is InChI=1S/C13H18N4O4/c1-16-11(18)10(15-17(2)13(16)21)14-9-7-4-3-6(5-7)8(9)12(19)20/h6-9H,3-5H2,1-2H3,(H,14,15)(H,19,20). The second-order valence-electron chi connectivity index (χ2n) is 5.99. The minimum Gasteiger partial charge on any atom is -0.481 e. The summed E-state index contributed by atoms with van der Waals surface area (Å²) >= 11 is 0. The maximum Gasteiger partial charge on any atom is 0.346 e. The zero-order valence-corrected chi connectivity index (χ0v) is 11.9. The Kier molecular flexibility index (Phi) is 3.11. The van der Waals surface area contributed by atoms with Gasteiger partial charge in [0.25, 0.3) is 5.56 Å². The van der Waals surface area contributed by atoms with Gasteiger partial charge in [-0.3, -0.25) is 14.2 Å². The average Bonchev–Trinajstić information content (AvgIpc) is 3.03. The van der Waals surface area contributed by atoms with Crippen molar-refractivity contribution < 1.29 is 9.90 Å². The number of carboxylic acids is 1. The van der Waals surface area contributed by atoms with E-state index in [4.69, 9.17) is 0 Å². The number of nitrogens with zero attached hydrogens (tertiary/aromatic N) is 3. The lowest BCUT2D eigenvalue weighted by Crippen LogP contribution is -2.45. The Bertz CT molecular complexity index is 707. The van der Waals surface area contributed by atoms with Gasteiger partial charge in [-0.15, -0.1) is 5.10 Å². The SMILES string of the molecule is Cn1nc(NC2C3CCC(C3)C2C(=O)O)c(=O)n(C)c1=O. The van der Waals surface area contributed by atoms with E-state index in [1.54, 1.807) is 0 Å². The lowest BCUT2D eigenvalue weighted by Gasteiger charge is -2.29. The maximum absolute atomic E-state index is 12.1. The molecule has 0 aromatic carbocycles. The summed E-state index contributed by atoms with van der Waals surface area (Å²) in [5, 5.41) is 16.3. The average molecular weight is 294 g/mol. The Labute approximate surface area is 120 Å². The van der Waals surface area contributed by atoms with Gasteiger partial charge in [0.15, 0.2) is 0 Å². The highest BCUT2D eigenvalue weighted by Gasteiger charge is 2.51. The van der Waals surface area contributed by atoms with E-state index in [0.29, 0.717) is 0 Å². The van der Waals surface area contributed by atoms with E-state index in [1.165, 1.54) is 14.1 Å². The fourth-order valence-corrected chi connectivity index (χ4v) is 3.80. The molecule has 2 aliphatic rings. The normalized spacial score (nSPS) is 30.6. The first kappa shape index (κ1) is 13.8. The molecule has 0 spiro atoms. The van der Waals surface area contributed by atoms with Crippen LogP contribution in [0.4, 0.5) is 5.82 Å². The molecule has 8 nitrogen and oxygen atoms in total. The van der Waals surface area contributed by atoms with Crippen LogP contribution in [0, 0.1) is 17.8 Å². The zero-order chi connectivity index (χ0) is 15.3. The molecule has 2 bridgehead atoms. The lowest BCUT2D eigenvalue weighted by molar-refractivity contribution is -0.143. The topological polar surface area (TPSA) is 106 Å². The Morgan fingerprint density at radius 3 is 2.62 bits per heavy atom. The van der Waals surface area contributed by atoms with Gasteiger partial charge in [0.05, 0.1) is 5.92 Å². The van der Waals surface area contributed by atoms with Crippen molar-refractivity contribution in [3.8, 4) is 0 Å². The first-order valence-electron chi connectivity index (χ1n) is 7.04. The Hall–Kier alpha value is -2.12. The van der Waals surface area contributed by atoms with E-state index >= 15 is 0 Å². The molecule has 114 valence electrons. The van der Waals surface area contributed by atoms with Crippen LogP contribution in [0.3, 0.4) is 0 Å². The van der Waals surface area contributed by atoms with Crippen molar-refractivity contribution in [2.75, 3.05) is 5.32 Å². The third kappa shape index (κ3) is 2.05. The van der Waals surface area contributed by atoms with Crippen LogP contribution < -0.4 is 16.6 Å². The van der Waals surface area contributed by atoms with Crippen molar-refractivity contribution in [3.05, 3.63) is 20.8 Å². The minimum absolute atomic E-state index is 0.0448. The summed E-state index contributed by atoms with van der Waals surface area (Å²) in [7, 11) is 2.84. The molecule has 3 rings (SSSR count). The molecular formula is C13H18N4O4. The fourth-order valence-electron chi connectivity index (χ4n) is 3.80. The van der Waals surface area contributed by atoms with Crippen LogP contribution in [0.1, 0.15) is 19.3 Å². The predicted octanol–water partition coefficient (Wildman–Crippen LogP) is -0.610. The van der Waals surface area contributed by atoms with Crippen LogP contribution in [-0.4, -0.2) is 31.5 Å². The molecule has 0 radical (unpaired) electrons.